The van der Waals surface area contributed by atoms with Crippen molar-refractivity contribution in [2.45, 2.75) is 33.2 Å². The predicted octanol–water partition coefficient (Wildman–Crippen LogP) is 2.46. The van der Waals surface area contributed by atoms with Crippen LogP contribution in [0.25, 0.3) is 11.4 Å². The van der Waals surface area contributed by atoms with Gasteiger partial charge < -0.3 is 5.11 Å². The van der Waals surface area contributed by atoms with Crippen molar-refractivity contribution in [1.82, 2.24) is 20.2 Å². The number of carbonyl (C=O) groups is 1. The van der Waals surface area contributed by atoms with Crippen LogP contribution in [0.2, 0.25) is 0 Å². The van der Waals surface area contributed by atoms with Crippen LogP contribution in [0.4, 0.5) is 4.39 Å². The van der Waals surface area contributed by atoms with Gasteiger partial charge >= 0.3 is 5.97 Å². The number of halogens is 1. The van der Waals surface area contributed by atoms with E-state index in [2.05, 4.69) is 15.5 Å². The second-order valence-electron chi connectivity index (χ2n) is 5.34. The summed E-state index contributed by atoms with van der Waals surface area (Å²) in [5.41, 5.74) is 1.15. The maximum absolute atomic E-state index is 14.0. The molecule has 2 rings (SSSR count). The Balaban J connectivity index is 2.50. The number of hydrogen-bond acceptors (Lipinski definition) is 4. The first-order valence-electron chi connectivity index (χ1n) is 6.66. The summed E-state index contributed by atoms with van der Waals surface area (Å²) >= 11 is 0. The van der Waals surface area contributed by atoms with Gasteiger partial charge in [-0.25, -0.2) is 9.07 Å². The van der Waals surface area contributed by atoms with Crippen molar-refractivity contribution in [3.63, 3.8) is 0 Å². The van der Waals surface area contributed by atoms with E-state index in [1.54, 1.807) is 12.1 Å². The Morgan fingerprint density at radius 3 is 2.76 bits per heavy atom. The average Bonchev–Trinajstić information content (AvgIpc) is 2.87. The summed E-state index contributed by atoms with van der Waals surface area (Å²) in [7, 11) is 0. The lowest BCUT2D eigenvalue weighted by molar-refractivity contribution is -0.138. The number of aromatic nitrogens is 4. The minimum Gasteiger partial charge on any atom is -0.481 e. The van der Waals surface area contributed by atoms with Crippen LogP contribution in [0, 0.1) is 18.7 Å². The van der Waals surface area contributed by atoms with E-state index in [1.165, 1.54) is 10.7 Å². The quantitative estimate of drug-likeness (QED) is 0.915. The number of carboxylic acid groups (broad SMARTS) is 1. The van der Waals surface area contributed by atoms with E-state index >= 15 is 0 Å². The highest BCUT2D eigenvalue weighted by Gasteiger charge is 2.25. The Morgan fingerprint density at radius 1 is 1.43 bits per heavy atom. The third-order valence-electron chi connectivity index (χ3n) is 3.32. The Hall–Kier alpha value is -2.31. The molecule has 0 fully saturated rings. The van der Waals surface area contributed by atoms with Gasteiger partial charge in [0.2, 0.25) is 0 Å². The van der Waals surface area contributed by atoms with Crippen LogP contribution < -0.4 is 0 Å². The SMILES string of the molecule is Cc1ccc(F)c(-c2nnnn2C(CC(=O)O)C(C)C)c1. The van der Waals surface area contributed by atoms with Crippen molar-refractivity contribution in [2.24, 2.45) is 5.92 Å². The molecule has 0 radical (unpaired) electrons. The Morgan fingerprint density at radius 2 is 2.14 bits per heavy atom. The molecule has 1 heterocycles. The highest BCUT2D eigenvalue weighted by molar-refractivity contribution is 5.67. The van der Waals surface area contributed by atoms with E-state index in [-0.39, 0.29) is 23.7 Å². The highest BCUT2D eigenvalue weighted by atomic mass is 19.1. The molecule has 0 aliphatic carbocycles. The first-order chi connectivity index (χ1) is 9.90. The monoisotopic (exact) mass is 292 g/mol. The number of rotatable bonds is 5. The lowest BCUT2D eigenvalue weighted by atomic mass is 10.0. The summed E-state index contributed by atoms with van der Waals surface area (Å²) in [5, 5.41) is 20.4. The van der Waals surface area contributed by atoms with Gasteiger partial charge in [-0.1, -0.05) is 25.5 Å². The molecular weight excluding hydrogens is 275 g/mol. The molecule has 0 bridgehead atoms. The van der Waals surface area contributed by atoms with E-state index in [0.717, 1.165) is 5.56 Å². The molecule has 1 unspecified atom stereocenters. The van der Waals surface area contributed by atoms with E-state index in [4.69, 9.17) is 5.11 Å². The maximum atomic E-state index is 14.0. The van der Waals surface area contributed by atoms with Crippen LogP contribution in [0.5, 0.6) is 0 Å². The molecule has 0 saturated heterocycles. The summed E-state index contributed by atoms with van der Waals surface area (Å²) < 4.78 is 15.4. The van der Waals surface area contributed by atoms with Gasteiger partial charge in [0.1, 0.15) is 5.82 Å². The van der Waals surface area contributed by atoms with Gasteiger partial charge in [-0.2, -0.15) is 0 Å². The molecule has 1 aromatic heterocycles. The van der Waals surface area contributed by atoms with E-state index in [0.29, 0.717) is 0 Å². The minimum atomic E-state index is -0.945. The lowest BCUT2D eigenvalue weighted by Crippen LogP contribution is -2.21. The number of benzene rings is 1. The average molecular weight is 292 g/mol. The minimum absolute atomic E-state index is 0.00350. The molecule has 0 aliphatic rings. The van der Waals surface area contributed by atoms with Crippen LogP contribution in [0.1, 0.15) is 31.9 Å². The predicted molar refractivity (Wildman–Crippen MR) is 74.1 cm³/mol. The van der Waals surface area contributed by atoms with E-state index < -0.39 is 17.8 Å². The highest BCUT2D eigenvalue weighted by Crippen LogP contribution is 2.28. The largest absolute Gasteiger partial charge is 0.481 e. The fourth-order valence-corrected chi connectivity index (χ4v) is 2.19. The number of aliphatic carboxylic acids is 1. The smallest absolute Gasteiger partial charge is 0.305 e. The second-order valence-corrected chi connectivity index (χ2v) is 5.34. The van der Waals surface area contributed by atoms with Crippen molar-refractivity contribution < 1.29 is 14.3 Å². The van der Waals surface area contributed by atoms with Crippen LogP contribution in [-0.2, 0) is 4.79 Å². The van der Waals surface area contributed by atoms with Crippen molar-refractivity contribution in [2.75, 3.05) is 0 Å². The number of aryl methyl sites for hydroxylation is 1. The number of nitrogens with zero attached hydrogens (tertiary/aromatic N) is 4. The molecule has 1 aromatic carbocycles. The first kappa shape index (κ1) is 15.1. The van der Waals surface area contributed by atoms with Gasteiger partial charge in [0.15, 0.2) is 5.82 Å². The van der Waals surface area contributed by atoms with Gasteiger partial charge in [0.25, 0.3) is 0 Å². The zero-order chi connectivity index (χ0) is 15.6. The molecular formula is C14H17FN4O2. The molecule has 1 atom stereocenters. The number of carboxylic acids is 1. The molecule has 0 amide bonds. The molecule has 0 aliphatic heterocycles. The Bertz CT molecular complexity index is 654. The maximum Gasteiger partial charge on any atom is 0.305 e. The normalized spacial score (nSPS) is 12.6. The van der Waals surface area contributed by atoms with Gasteiger partial charge in [0, 0.05) is 0 Å². The zero-order valence-electron chi connectivity index (χ0n) is 12.1. The molecule has 6 nitrogen and oxygen atoms in total. The van der Waals surface area contributed by atoms with Crippen LogP contribution in [0.3, 0.4) is 0 Å². The molecule has 0 spiro atoms. The fraction of sp³-hybridized carbons (Fsp3) is 0.429. The Kier molecular flexibility index (Phi) is 4.30. The summed E-state index contributed by atoms with van der Waals surface area (Å²) in [6, 6.07) is 4.22. The molecule has 112 valence electrons. The first-order valence-corrected chi connectivity index (χ1v) is 6.66. The third kappa shape index (κ3) is 3.24. The van der Waals surface area contributed by atoms with Crippen molar-refractivity contribution in [3.05, 3.63) is 29.6 Å². The van der Waals surface area contributed by atoms with Crippen LogP contribution in [0.15, 0.2) is 18.2 Å². The summed E-state index contributed by atoms with van der Waals surface area (Å²) in [4.78, 5) is 11.0. The van der Waals surface area contributed by atoms with Crippen molar-refractivity contribution in [3.8, 4) is 11.4 Å². The van der Waals surface area contributed by atoms with Crippen LogP contribution in [-0.4, -0.2) is 31.3 Å². The van der Waals surface area contributed by atoms with Gasteiger partial charge in [-0.3, -0.25) is 4.79 Å². The standard InChI is InChI=1S/C14H17FN4O2/c1-8(2)12(7-13(20)21)19-14(16-17-18-19)10-6-9(3)4-5-11(10)15/h4-6,8,12H,7H2,1-3H3,(H,20,21). The molecule has 0 saturated carbocycles. The number of hydrogen-bond donors (Lipinski definition) is 1. The molecule has 21 heavy (non-hydrogen) atoms. The van der Waals surface area contributed by atoms with Gasteiger partial charge in [-0.15, -0.1) is 5.10 Å². The number of tetrazole rings is 1. The molecule has 2 aromatic rings. The van der Waals surface area contributed by atoms with E-state index in [1.807, 2.05) is 20.8 Å². The van der Waals surface area contributed by atoms with Crippen molar-refractivity contribution >= 4 is 5.97 Å². The Labute approximate surface area is 121 Å². The van der Waals surface area contributed by atoms with Crippen LogP contribution >= 0.6 is 0 Å². The van der Waals surface area contributed by atoms with Crippen molar-refractivity contribution in [1.29, 1.82) is 0 Å². The second kappa shape index (κ2) is 5.99. The molecule has 1 N–H and O–H groups in total. The topological polar surface area (TPSA) is 80.9 Å². The zero-order valence-corrected chi connectivity index (χ0v) is 12.1. The van der Waals surface area contributed by atoms with Gasteiger partial charge in [-0.05, 0) is 35.4 Å². The summed E-state index contributed by atoms with van der Waals surface area (Å²) in [5.74, 6) is -1.14. The fourth-order valence-electron chi connectivity index (χ4n) is 2.19. The lowest BCUT2D eigenvalue weighted by Gasteiger charge is -2.20. The third-order valence-corrected chi connectivity index (χ3v) is 3.32. The molecule has 7 heteroatoms. The van der Waals surface area contributed by atoms with E-state index in [9.17, 15) is 9.18 Å². The summed E-state index contributed by atoms with van der Waals surface area (Å²) in [6.07, 6.45) is -0.122. The summed E-state index contributed by atoms with van der Waals surface area (Å²) in [6.45, 7) is 5.60. The van der Waals surface area contributed by atoms with Gasteiger partial charge in [0.05, 0.1) is 18.0 Å².